The zero-order chi connectivity index (χ0) is 13.7. The normalized spacial score (nSPS) is 11.9. The van der Waals surface area contributed by atoms with Crippen molar-refractivity contribution in [2.24, 2.45) is 0 Å². The molecule has 0 saturated heterocycles. The van der Waals surface area contributed by atoms with Crippen LogP contribution in [0, 0.1) is 0 Å². The lowest BCUT2D eigenvalue weighted by atomic mass is 9.99. The molecule has 0 saturated carbocycles. The van der Waals surface area contributed by atoms with Crippen LogP contribution in [0.15, 0.2) is 54.6 Å². The summed E-state index contributed by atoms with van der Waals surface area (Å²) in [6, 6.07) is 17.0. The van der Waals surface area contributed by atoms with Gasteiger partial charge in [-0.05, 0) is 24.1 Å². The maximum absolute atomic E-state index is 12.2. The number of carbonyl (C=O) groups is 1. The van der Waals surface area contributed by atoms with E-state index in [1.807, 2.05) is 48.5 Å². The lowest BCUT2D eigenvalue weighted by Crippen LogP contribution is -2.35. The zero-order valence-corrected chi connectivity index (χ0v) is 10.8. The molecule has 2 rings (SSSR count). The molecule has 0 bridgehead atoms. The first-order valence-electron chi connectivity index (χ1n) is 6.28. The van der Waals surface area contributed by atoms with Crippen molar-refractivity contribution in [1.82, 2.24) is 5.32 Å². The average molecular weight is 255 g/mol. The Labute approximate surface area is 112 Å². The summed E-state index contributed by atoms with van der Waals surface area (Å²) in [6.45, 7) is 1.70. The summed E-state index contributed by atoms with van der Waals surface area (Å²) in [5, 5.41) is 11.8. The summed E-state index contributed by atoms with van der Waals surface area (Å²) >= 11 is 0. The Morgan fingerprint density at radius 3 is 2.42 bits per heavy atom. The van der Waals surface area contributed by atoms with Gasteiger partial charge in [0.05, 0.1) is 6.61 Å². The van der Waals surface area contributed by atoms with E-state index in [2.05, 4.69) is 5.32 Å². The van der Waals surface area contributed by atoms with Gasteiger partial charge < -0.3 is 10.4 Å². The van der Waals surface area contributed by atoms with Crippen LogP contribution in [-0.2, 0) is 0 Å². The minimum Gasteiger partial charge on any atom is -0.394 e. The van der Waals surface area contributed by atoms with Crippen LogP contribution in [0.1, 0.15) is 17.3 Å². The molecular weight excluding hydrogens is 238 g/mol. The van der Waals surface area contributed by atoms with Crippen molar-refractivity contribution >= 4 is 5.91 Å². The molecule has 0 heterocycles. The van der Waals surface area contributed by atoms with Crippen LogP contribution in [0.4, 0.5) is 0 Å². The van der Waals surface area contributed by atoms with Crippen molar-refractivity contribution < 1.29 is 9.90 Å². The second kappa shape index (κ2) is 6.16. The first kappa shape index (κ1) is 13.3. The Kier molecular flexibility index (Phi) is 4.31. The topological polar surface area (TPSA) is 49.3 Å². The lowest BCUT2D eigenvalue weighted by molar-refractivity contribution is 0.0923. The molecule has 98 valence electrons. The molecule has 1 amide bonds. The van der Waals surface area contributed by atoms with Crippen molar-refractivity contribution in [3.05, 3.63) is 60.2 Å². The van der Waals surface area contributed by atoms with Gasteiger partial charge in [-0.25, -0.2) is 0 Å². The highest BCUT2D eigenvalue weighted by Crippen LogP contribution is 2.23. The van der Waals surface area contributed by atoms with Gasteiger partial charge in [0.1, 0.15) is 0 Å². The highest BCUT2D eigenvalue weighted by molar-refractivity contribution is 6.01. The smallest absolute Gasteiger partial charge is 0.252 e. The number of benzene rings is 2. The van der Waals surface area contributed by atoms with Gasteiger partial charge in [-0.1, -0.05) is 48.5 Å². The van der Waals surface area contributed by atoms with E-state index in [0.717, 1.165) is 11.1 Å². The van der Waals surface area contributed by atoms with E-state index < -0.39 is 0 Å². The van der Waals surface area contributed by atoms with E-state index in [9.17, 15) is 4.79 Å². The van der Waals surface area contributed by atoms with Crippen LogP contribution in [0.25, 0.3) is 11.1 Å². The van der Waals surface area contributed by atoms with E-state index in [1.54, 1.807) is 13.0 Å². The molecular formula is C16H17NO2. The van der Waals surface area contributed by atoms with Crippen molar-refractivity contribution in [2.75, 3.05) is 6.61 Å². The molecule has 0 aliphatic rings. The summed E-state index contributed by atoms with van der Waals surface area (Å²) in [4.78, 5) is 12.2. The van der Waals surface area contributed by atoms with E-state index in [-0.39, 0.29) is 18.6 Å². The molecule has 19 heavy (non-hydrogen) atoms. The number of aliphatic hydroxyl groups is 1. The number of rotatable bonds is 4. The summed E-state index contributed by atoms with van der Waals surface area (Å²) in [6.07, 6.45) is 0. The number of aliphatic hydroxyl groups excluding tert-OH is 1. The summed E-state index contributed by atoms with van der Waals surface area (Å²) < 4.78 is 0. The maximum atomic E-state index is 12.2. The molecule has 0 aromatic heterocycles. The van der Waals surface area contributed by atoms with Crippen LogP contribution in [0.5, 0.6) is 0 Å². The Balaban J connectivity index is 2.34. The molecule has 0 aliphatic carbocycles. The first-order chi connectivity index (χ1) is 9.22. The number of amides is 1. The van der Waals surface area contributed by atoms with Gasteiger partial charge in [0.25, 0.3) is 5.91 Å². The Bertz CT molecular complexity index is 552. The van der Waals surface area contributed by atoms with Crippen LogP contribution >= 0.6 is 0 Å². The van der Waals surface area contributed by atoms with Crippen molar-refractivity contribution in [3.8, 4) is 11.1 Å². The van der Waals surface area contributed by atoms with E-state index in [4.69, 9.17) is 5.11 Å². The van der Waals surface area contributed by atoms with Gasteiger partial charge in [0.15, 0.2) is 0 Å². The fraction of sp³-hybridized carbons (Fsp3) is 0.188. The molecule has 2 aromatic rings. The summed E-state index contributed by atoms with van der Waals surface area (Å²) in [5.74, 6) is -0.166. The molecule has 3 nitrogen and oxygen atoms in total. The lowest BCUT2D eigenvalue weighted by Gasteiger charge is -2.13. The predicted octanol–water partition coefficient (Wildman–Crippen LogP) is 2.46. The van der Waals surface area contributed by atoms with Crippen LogP contribution in [0.2, 0.25) is 0 Å². The van der Waals surface area contributed by atoms with E-state index in [1.165, 1.54) is 0 Å². The van der Waals surface area contributed by atoms with Gasteiger partial charge in [0.2, 0.25) is 0 Å². The van der Waals surface area contributed by atoms with Crippen LogP contribution in [-0.4, -0.2) is 23.7 Å². The molecule has 2 N–H and O–H groups in total. The molecule has 0 radical (unpaired) electrons. The van der Waals surface area contributed by atoms with Gasteiger partial charge >= 0.3 is 0 Å². The molecule has 2 aromatic carbocycles. The Morgan fingerprint density at radius 2 is 1.74 bits per heavy atom. The minimum absolute atomic E-state index is 0.0702. The van der Waals surface area contributed by atoms with Crippen molar-refractivity contribution in [1.29, 1.82) is 0 Å². The number of carbonyl (C=O) groups excluding carboxylic acids is 1. The minimum atomic E-state index is -0.253. The average Bonchev–Trinajstić information content (AvgIpc) is 2.48. The van der Waals surface area contributed by atoms with Gasteiger partial charge in [0, 0.05) is 11.6 Å². The standard InChI is InChI=1S/C16H17NO2/c1-12(11-18)17-16(19)15-10-6-5-9-14(15)13-7-3-2-4-8-13/h2-10,12,18H,11H2,1H3,(H,17,19). The molecule has 1 atom stereocenters. The van der Waals surface area contributed by atoms with Gasteiger partial charge in [-0.2, -0.15) is 0 Å². The quantitative estimate of drug-likeness (QED) is 0.881. The largest absolute Gasteiger partial charge is 0.394 e. The molecule has 3 heteroatoms. The highest BCUT2D eigenvalue weighted by atomic mass is 16.3. The number of hydrogen-bond donors (Lipinski definition) is 2. The summed E-state index contributed by atoms with van der Waals surface area (Å²) in [5.41, 5.74) is 2.52. The van der Waals surface area contributed by atoms with Crippen LogP contribution in [0.3, 0.4) is 0 Å². The number of hydrogen-bond acceptors (Lipinski definition) is 2. The molecule has 0 aliphatic heterocycles. The first-order valence-corrected chi connectivity index (χ1v) is 6.28. The Morgan fingerprint density at radius 1 is 1.11 bits per heavy atom. The Hall–Kier alpha value is -2.13. The third-order valence-corrected chi connectivity index (χ3v) is 2.91. The second-order valence-corrected chi connectivity index (χ2v) is 4.47. The molecule has 0 spiro atoms. The third-order valence-electron chi connectivity index (χ3n) is 2.91. The second-order valence-electron chi connectivity index (χ2n) is 4.47. The zero-order valence-electron chi connectivity index (χ0n) is 10.8. The molecule has 1 unspecified atom stereocenters. The SMILES string of the molecule is CC(CO)NC(=O)c1ccccc1-c1ccccc1. The monoisotopic (exact) mass is 255 g/mol. The predicted molar refractivity (Wildman–Crippen MR) is 75.9 cm³/mol. The third kappa shape index (κ3) is 3.20. The van der Waals surface area contributed by atoms with E-state index >= 15 is 0 Å². The van der Waals surface area contributed by atoms with Crippen molar-refractivity contribution in [2.45, 2.75) is 13.0 Å². The van der Waals surface area contributed by atoms with Gasteiger partial charge in [-0.15, -0.1) is 0 Å². The van der Waals surface area contributed by atoms with E-state index in [0.29, 0.717) is 5.56 Å². The fourth-order valence-electron chi connectivity index (χ4n) is 1.90. The molecule has 0 fully saturated rings. The summed E-state index contributed by atoms with van der Waals surface area (Å²) in [7, 11) is 0. The van der Waals surface area contributed by atoms with Crippen molar-refractivity contribution in [3.63, 3.8) is 0 Å². The maximum Gasteiger partial charge on any atom is 0.252 e. The van der Waals surface area contributed by atoms with Crippen LogP contribution < -0.4 is 5.32 Å². The number of nitrogens with one attached hydrogen (secondary N) is 1. The highest BCUT2D eigenvalue weighted by Gasteiger charge is 2.13. The fourth-order valence-corrected chi connectivity index (χ4v) is 1.90. The van der Waals surface area contributed by atoms with Gasteiger partial charge in [-0.3, -0.25) is 4.79 Å².